The van der Waals surface area contributed by atoms with Crippen LogP contribution >= 0.6 is 0 Å². The van der Waals surface area contributed by atoms with Crippen molar-refractivity contribution in [2.75, 3.05) is 52.9 Å². The molecule has 2 bridgehead atoms. The number of rotatable bonds is 8. The zero-order valence-corrected chi connectivity index (χ0v) is 27.1. The lowest BCUT2D eigenvalue weighted by Crippen LogP contribution is -2.47. The molecule has 238 valence electrons. The number of ether oxygens (including phenoxy) is 7. The van der Waals surface area contributed by atoms with Crippen molar-refractivity contribution in [2.24, 2.45) is 0 Å². The molecular weight excluding hydrogens is 512 g/mol. The summed E-state index contributed by atoms with van der Waals surface area (Å²) < 4.78 is 44.6. The van der Waals surface area contributed by atoms with Gasteiger partial charge in [0.1, 0.15) is 0 Å². The van der Waals surface area contributed by atoms with Crippen molar-refractivity contribution >= 4 is 0 Å². The molecule has 40 heavy (non-hydrogen) atoms. The van der Waals surface area contributed by atoms with Gasteiger partial charge in [0.2, 0.25) is 0 Å². The normalized spacial score (nSPS) is 38.9. The van der Waals surface area contributed by atoms with Crippen LogP contribution in [0, 0.1) is 0 Å². The summed E-state index contributed by atoms with van der Waals surface area (Å²) >= 11 is 0. The summed E-state index contributed by atoms with van der Waals surface area (Å²) in [6.07, 6.45) is 7.65. The highest BCUT2D eigenvalue weighted by atomic mass is 16.6. The maximum Gasteiger partial charge on any atom is 0.0708 e. The summed E-state index contributed by atoms with van der Waals surface area (Å²) in [5, 5.41) is 9.89. The van der Waals surface area contributed by atoms with Crippen LogP contribution in [0.1, 0.15) is 113 Å². The largest absolute Gasteiger partial charge is 0.396 e. The fourth-order valence-electron chi connectivity index (χ4n) is 6.34. The van der Waals surface area contributed by atoms with Crippen molar-refractivity contribution in [1.29, 1.82) is 0 Å². The summed E-state index contributed by atoms with van der Waals surface area (Å²) in [6.45, 7) is 20.8. The average molecular weight is 575 g/mol. The highest BCUT2D eigenvalue weighted by Gasteiger charge is 2.40. The zero-order chi connectivity index (χ0) is 29.7. The van der Waals surface area contributed by atoms with E-state index in [4.69, 9.17) is 33.2 Å². The van der Waals surface area contributed by atoms with Crippen LogP contribution in [0.3, 0.4) is 0 Å². The SMILES string of the molecule is CCCC(C)OCCC1(C)CC(C)(CCO)OCCOC2(C)CCOC(C)CC(C)OCCC(C)(C2)OCCO1. The molecule has 1 N–H and O–H groups in total. The number of fused-ring (bicyclic) bond motifs is 2. The summed E-state index contributed by atoms with van der Waals surface area (Å²) in [6, 6.07) is 0. The third-order valence-corrected chi connectivity index (χ3v) is 8.56. The van der Waals surface area contributed by atoms with Gasteiger partial charge in [-0.1, -0.05) is 13.3 Å². The van der Waals surface area contributed by atoms with Crippen molar-refractivity contribution in [3.8, 4) is 0 Å². The van der Waals surface area contributed by atoms with Crippen LogP contribution in [0.25, 0.3) is 0 Å². The van der Waals surface area contributed by atoms with E-state index < -0.39 is 22.4 Å². The minimum Gasteiger partial charge on any atom is -0.396 e. The molecule has 2 heterocycles. The Balaban J connectivity index is 2.21. The van der Waals surface area contributed by atoms with Gasteiger partial charge in [-0.25, -0.2) is 0 Å². The molecular formula is C32H62O8. The molecule has 8 heteroatoms. The smallest absolute Gasteiger partial charge is 0.0708 e. The van der Waals surface area contributed by atoms with Gasteiger partial charge in [0.15, 0.2) is 0 Å². The van der Waals surface area contributed by atoms with E-state index in [9.17, 15) is 5.11 Å². The molecule has 0 radical (unpaired) electrons. The fourth-order valence-corrected chi connectivity index (χ4v) is 6.34. The number of hydrogen-bond donors (Lipinski definition) is 1. The van der Waals surface area contributed by atoms with Gasteiger partial charge in [-0.05, 0) is 87.0 Å². The van der Waals surface area contributed by atoms with Crippen LogP contribution in [0.4, 0.5) is 0 Å². The molecule has 7 atom stereocenters. The van der Waals surface area contributed by atoms with Gasteiger partial charge in [0.25, 0.3) is 0 Å². The van der Waals surface area contributed by atoms with Gasteiger partial charge in [-0.3, -0.25) is 0 Å². The van der Waals surface area contributed by atoms with E-state index in [1.165, 1.54) is 0 Å². The molecule has 2 fully saturated rings. The third kappa shape index (κ3) is 13.3. The minimum absolute atomic E-state index is 0.0485. The molecule has 7 unspecified atom stereocenters. The van der Waals surface area contributed by atoms with Crippen molar-refractivity contribution in [2.45, 2.75) is 154 Å². The molecule has 0 amide bonds. The first-order valence-electron chi connectivity index (χ1n) is 15.9. The lowest BCUT2D eigenvalue weighted by Gasteiger charge is -2.43. The summed E-state index contributed by atoms with van der Waals surface area (Å²) in [5.74, 6) is 0. The van der Waals surface area contributed by atoms with Crippen LogP contribution < -0.4 is 0 Å². The average Bonchev–Trinajstić information content (AvgIpc) is 2.84. The van der Waals surface area contributed by atoms with E-state index in [1.54, 1.807) is 0 Å². The molecule has 0 aromatic rings. The predicted molar refractivity (Wildman–Crippen MR) is 158 cm³/mol. The standard InChI is InChI=1S/C32H62O8/c1-9-10-26(2)34-16-12-30(6)24-29(5,11-15-33)37-19-20-39-31(7)13-17-35-27(3)23-28(4)36-18-14-32(8,25-31)40-22-21-38-30/h26-28,33H,9-25H2,1-8H3. The lowest BCUT2D eigenvalue weighted by molar-refractivity contribution is -0.185. The second-order valence-electron chi connectivity index (χ2n) is 13.3. The molecule has 0 spiro atoms. The van der Waals surface area contributed by atoms with Crippen molar-refractivity contribution in [3.63, 3.8) is 0 Å². The lowest BCUT2D eigenvalue weighted by atomic mass is 9.84. The zero-order valence-electron chi connectivity index (χ0n) is 27.1. The Hall–Kier alpha value is -0.320. The summed E-state index contributed by atoms with van der Waals surface area (Å²) in [5.41, 5.74) is -1.92. The Kier molecular flexibility index (Phi) is 15.3. The highest BCUT2D eigenvalue weighted by Crippen LogP contribution is 2.36. The van der Waals surface area contributed by atoms with Crippen molar-refractivity contribution < 1.29 is 38.3 Å². The third-order valence-electron chi connectivity index (χ3n) is 8.56. The molecule has 8 nitrogen and oxygen atoms in total. The van der Waals surface area contributed by atoms with E-state index >= 15 is 0 Å². The summed E-state index contributed by atoms with van der Waals surface area (Å²) in [7, 11) is 0. The van der Waals surface area contributed by atoms with E-state index in [0.717, 1.165) is 38.5 Å². The fraction of sp³-hybridized carbons (Fsp3) is 1.00. The Bertz CT molecular complexity index is 684. The van der Waals surface area contributed by atoms with E-state index in [2.05, 4.69) is 55.4 Å². The number of aliphatic hydroxyl groups is 1. The summed E-state index contributed by atoms with van der Waals surface area (Å²) in [4.78, 5) is 0. The molecule has 0 aromatic heterocycles. The first-order chi connectivity index (χ1) is 18.8. The van der Waals surface area contributed by atoms with E-state index in [-0.39, 0.29) is 24.9 Å². The quantitative estimate of drug-likeness (QED) is 0.386. The van der Waals surface area contributed by atoms with Crippen molar-refractivity contribution in [1.82, 2.24) is 0 Å². The first-order valence-corrected chi connectivity index (χ1v) is 15.9. The van der Waals surface area contributed by atoms with Crippen LogP contribution in [0.5, 0.6) is 0 Å². The van der Waals surface area contributed by atoms with Gasteiger partial charge < -0.3 is 38.3 Å². The first kappa shape index (κ1) is 35.9. The Labute approximate surface area is 245 Å². The van der Waals surface area contributed by atoms with Crippen LogP contribution in [0.15, 0.2) is 0 Å². The maximum atomic E-state index is 9.89. The molecule has 2 aliphatic heterocycles. The van der Waals surface area contributed by atoms with Crippen LogP contribution in [-0.4, -0.2) is 98.7 Å². The van der Waals surface area contributed by atoms with Crippen molar-refractivity contribution in [3.05, 3.63) is 0 Å². The monoisotopic (exact) mass is 574 g/mol. The number of aliphatic hydroxyl groups excluding tert-OH is 1. The maximum absolute atomic E-state index is 9.89. The van der Waals surface area contributed by atoms with Gasteiger partial charge >= 0.3 is 0 Å². The second-order valence-corrected chi connectivity index (χ2v) is 13.3. The Morgan fingerprint density at radius 2 is 1.25 bits per heavy atom. The molecule has 2 aliphatic rings. The minimum atomic E-state index is -0.554. The molecule has 0 saturated carbocycles. The second kappa shape index (κ2) is 17.1. The number of hydrogen-bond acceptors (Lipinski definition) is 8. The van der Waals surface area contributed by atoms with Gasteiger partial charge in [0.05, 0.1) is 67.1 Å². The van der Waals surface area contributed by atoms with E-state index in [1.807, 2.05) is 0 Å². The molecule has 2 saturated heterocycles. The molecule has 0 aromatic carbocycles. The highest BCUT2D eigenvalue weighted by molar-refractivity contribution is 4.90. The van der Waals surface area contributed by atoms with E-state index in [0.29, 0.717) is 65.5 Å². The van der Waals surface area contributed by atoms with Crippen LogP contribution in [0.2, 0.25) is 0 Å². The Morgan fingerprint density at radius 3 is 1.75 bits per heavy atom. The Morgan fingerprint density at radius 1 is 0.750 bits per heavy atom. The topological polar surface area (TPSA) is 84.8 Å². The van der Waals surface area contributed by atoms with Crippen LogP contribution in [-0.2, 0) is 33.2 Å². The predicted octanol–water partition coefficient (Wildman–Crippen LogP) is 5.85. The van der Waals surface area contributed by atoms with Gasteiger partial charge in [-0.2, -0.15) is 0 Å². The molecule has 0 aliphatic carbocycles. The van der Waals surface area contributed by atoms with Gasteiger partial charge in [-0.15, -0.1) is 0 Å². The van der Waals surface area contributed by atoms with Gasteiger partial charge in [0, 0.05) is 39.3 Å². The molecule has 2 rings (SSSR count).